The summed E-state index contributed by atoms with van der Waals surface area (Å²) in [6.45, 7) is 6.53. The van der Waals surface area contributed by atoms with Crippen molar-refractivity contribution in [2.45, 2.75) is 26.8 Å². The molecule has 5 nitrogen and oxygen atoms in total. The lowest BCUT2D eigenvalue weighted by Crippen LogP contribution is -2.18. The van der Waals surface area contributed by atoms with E-state index in [0.717, 1.165) is 35.5 Å². The van der Waals surface area contributed by atoms with Gasteiger partial charge in [0, 0.05) is 24.2 Å². The predicted molar refractivity (Wildman–Crippen MR) is 110 cm³/mol. The molecule has 1 amide bonds. The maximum Gasteiger partial charge on any atom is 0.250 e. The number of aromatic nitrogens is 1. The van der Waals surface area contributed by atoms with Gasteiger partial charge in [0.1, 0.15) is 5.75 Å². The zero-order valence-corrected chi connectivity index (χ0v) is 16.2. The second-order valence-corrected chi connectivity index (χ2v) is 8.14. The molecule has 1 saturated carbocycles. The molecule has 144 valence electrons. The van der Waals surface area contributed by atoms with Crippen molar-refractivity contribution in [2.75, 3.05) is 6.54 Å². The third-order valence-electron chi connectivity index (χ3n) is 5.63. The third-order valence-corrected chi connectivity index (χ3v) is 5.63. The summed E-state index contributed by atoms with van der Waals surface area (Å²) in [6, 6.07) is 15.6. The number of nitrogens with zero attached hydrogens (tertiary/aromatic N) is 1. The molecular weight excluding hydrogens is 350 g/mol. The van der Waals surface area contributed by atoms with E-state index in [9.17, 15) is 4.79 Å². The molecule has 3 N–H and O–H groups in total. The molecule has 2 aromatic carbocycles. The molecule has 1 aliphatic rings. The Morgan fingerprint density at radius 3 is 2.61 bits per heavy atom. The Morgan fingerprint density at radius 2 is 1.93 bits per heavy atom. The summed E-state index contributed by atoms with van der Waals surface area (Å²) in [4.78, 5) is 15.4. The van der Waals surface area contributed by atoms with Crippen LogP contribution in [0.2, 0.25) is 0 Å². The largest absolute Gasteiger partial charge is 0.438 e. The van der Waals surface area contributed by atoms with Crippen LogP contribution in [0.25, 0.3) is 10.8 Å². The molecule has 1 fully saturated rings. The highest BCUT2D eigenvalue weighted by Gasteiger charge is 2.44. The van der Waals surface area contributed by atoms with Crippen molar-refractivity contribution < 1.29 is 9.53 Å². The fourth-order valence-electron chi connectivity index (χ4n) is 3.59. The van der Waals surface area contributed by atoms with Gasteiger partial charge in [0.2, 0.25) is 11.8 Å². The number of rotatable bonds is 7. The number of nitrogens with one attached hydrogen (secondary N) is 1. The summed E-state index contributed by atoms with van der Waals surface area (Å²) in [6.07, 6.45) is 2.73. The number of fused-ring (bicyclic) bond motifs is 1. The smallest absolute Gasteiger partial charge is 0.250 e. The van der Waals surface area contributed by atoms with Gasteiger partial charge in [-0.15, -0.1) is 0 Å². The second-order valence-electron chi connectivity index (χ2n) is 8.14. The van der Waals surface area contributed by atoms with Gasteiger partial charge in [-0.05, 0) is 47.4 Å². The van der Waals surface area contributed by atoms with Crippen molar-refractivity contribution >= 4 is 16.7 Å². The van der Waals surface area contributed by atoms with E-state index in [0.29, 0.717) is 16.9 Å². The minimum Gasteiger partial charge on any atom is -0.438 e. The highest BCUT2D eigenvalue weighted by Crippen LogP contribution is 2.51. The number of carbonyl (C=O) groups is 1. The van der Waals surface area contributed by atoms with Crippen molar-refractivity contribution in [1.82, 2.24) is 10.3 Å². The molecule has 4 rings (SSSR count). The maximum absolute atomic E-state index is 11.2. The molecule has 3 aromatic rings. The Bertz CT molecular complexity index is 1010. The minimum absolute atomic E-state index is 0.359. The van der Waals surface area contributed by atoms with Crippen LogP contribution in [0, 0.1) is 11.3 Å². The molecule has 1 atom stereocenters. The van der Waals surface area contributed by atoms with Crippen LogP contribution in [-0.4, -0.2) is 17.4 Å². The standard InChI is InChI=1S/C23H25N3O2/c1-23(2)11-17(23)14-25-12-15-5-3-7-19-18(15)6-4-8-20(19)28-21-10-9-16(13-26-21)22(24)27/h3-10,13,17,25H,11-12,14H2,1-2H3,(H2,24,27). The lowest BCUT2D eigenvalue weighted by molar-refractivity contribution is 0.1000. The molecule has 28 heavy (non-hydrogen) atoms. The molecule has 0 radical (unpaired) electrons. The van der Waals surface area contributed by atoms with Crippen LogP contribution in [0.1, 0.15) is 36.2 Å². The van der Waals surface area contributed by atoms with Crippen LogP contribution in [0.5, 0.6) is 11.6 Å². The van der Waals surface area contributed by atoms with E-state index in [1.807, 2.05) is 12.1 Å². The number of amides is 1. The van der Waals surface area contributed by atoms with E-state index in [4.69, 9.17) is 10.5 Å². The van der Waals surface area contributed by atoms with Gasteiger partial charge in [-0.25, -0.2) is 4.98 Å². The molecular formula is C23H25N3O2. The first-order chi connectivity index (χ1) is 13.4. The summed E-state index contributed by atoms with van der Waals surface area (Å²) >= 11 is 0. The average molecular weight is 375 g/mol. The van der Waals surface area contributed by atoms with Gasteiger partial charge >= 0.3 is 0 Å². The van der Waals surface area contributed by atoms with Gasteiger partial charge in [-0.1, -0.05) is 44.2 Å². The molecule has 5 heteroatoms. The van der Waals surface area contributed by atoms with Crippen LogP contribution in [0.3, 0.4) is 0 Å². The summed E-state index contributed by atoms with van der Waals surface area (Å²) < 4.78 is 5.98. The van der Waals surface area contributed by atoms with Gasteiger partial charge < -0.3 is 15.8 Å². The SMILES string of the molecule is CC1(C)CC1CNCc1cccc2c(Oc3ccc(C(N)=O)cn3)cccc12. The quantitative estimate of drug-likeness (QED) is 0.647. The topological polar surface area (TPSA) is 77.2 Å². The lowest BCUT2D eigenvalue weighted by Gasteiger charge is -2.12. The lowest BCUT2D eigenvalue weighted by atomic mass is 10.0. The van der Waals surface area contributed by atoms with E-state index in [-0.39, 0.29) is 0 Å². The van der Waals surface area contributed by atoms with Crippen LogP contribution in [-0.2, 0) is 6.54 Å². The molecule has 1 unspecified atom stereocenters. The number of hydrogen-bond donors (Lipinski definition) is 2. The van der Waals surface area contributed by atoms with Crippen LogP contribution >= 0.6 is 0 Å². The zero-order chi connectivity index (χ0) is 19.7. The number of carbonyl (C=O) groups excluding carboxylic acids is 1. The molecule has 0 bridgehead atoms. The Kier molecular flexibility index (Phi) is 4.77. The van der Waals surface area contributed by atoms with E-state index < -0.39 is 5.91 Å². The monoisotopic (exact) mass is 375 g/mol. The van der Waals surface area contributed by atoms with E-state index in [1.165, 1.54) is 18.2 Å². The fourth-order valence-corrected chi connectivity index (χ4v) is 3.59. The Morgan fingerprint density at radius 1 is 1.18 bits per heavy atom. The van der Waals surface area contributed by atoms with Crippen LogP contribution < -0.4 is 15.8 Å². The van der Waals surface area contributed by atoms with Crippen molar-refractivity contribution in [3.63, 3.8) is 0 Å². The second kappa shape index (κ2) is 7.24. The molecule has 1 heterocycles. The Hall–Kier alpha value is -2.92. The fraction of sp³-hybridized carbons (Fsp3) is 0.304. The van der Waals surface area contributed by atoms with E-state index >= 15 is 0 Å². The van der Waals surface area contributed by atoms with Crippen molar-refractivity contribution in [2.24, 2.45) is 17.1 Å². The molecule has 1 aliphatic carbocycles. The number of hydrogen-bond acceptors (Lipinski definition) is 4. The van der Waals surface area contributed by atoms with Gasteiger partial charge in [-0.3, -0.25) is 4.79 Å². The van der Waals surface area contributed by atoms with E-state index in [1.54, 1.807) is 12.1 Å². The highest BCUT2D eigenvalue weighted by atomic mass is 16.5. The van der Waals surface area contributed by atoms with Gasteiger partial charge in [-0.2, -0.15) is 0 Å². The number of pyridine rings is 1. The van der Waals surface area contributed by atoms with Crippen LogP contribution in [0.15, 0.2) is 54.7 Å². The highest BCUT2D eigenvalue weighted by molar-refractivity contribution is 5.92. The summed E-state index contributed by atoms with van der Waals surface area (Å²) in [5.74, 6) is 1.44. The first-order valence-corrected chi connectivity index (χ1v) is 9.59. The van der Waals surface area contributed by atoms with Crippen molar-refractivity contribution in [3.8, 4) is 11.6 Å². The number of benzene rings is 2. The number of primary amides is 1. The number of nitrogens with two attached hydrogens (primary N) is 1. The maximum atomic E-state index is 11.2. The predicted octanol–water partition coefficient (Wildman–Crippen LogP) is 4.26. The van der Waals surface area contributed by atoms with Gasteiger partial charge in [0.25, 0.3) is 0 Å². The van der Waals surface area contributed by atoms with Crippen molar-refractivity contribution in [3.05, 3.63) is 65.9 Å². The first kappa shape index (κ1) is 18.4. The number of ether oxygens (including phenoxy) is 1. The Labute approximate surface area is 164 Å². The van der Waals surface area contributed by atoms with E-state index in [2.05, 4.69) is 48.4 Å². The third kappa shape index (κ3) is 3.85. The Balaban J connectivity index is 1.52. The normalized spacial score (nSPS) is 17.4. The molecule has 1 aromatic heterocycles. The summed E-state index contributed by atoms with van der Waals surface area (Å²) in [5.41, 5.74) is 7.36. The van der Waals surface area contributed by atoms with Crippen LogP contribution in [0.4, 0.5) is 0 Å². The summed E-state index contributed by atoms with van der Waals surface area (Å²) in [5, 5.41) is 5.80. The average Bonchev–Trinajstić information content (AvgIpc) is 3.29. The summed E-state index contributed by atoms with van der Waals surface area (Å²) in [7, 11) is 0. The zero-order valence-electron chi connectivity index (χ0n) is 16.2. The minimum atomic E-state index is -0.504. The van der Waals surface area contributed by atoms with Crippen molar-refractivity contribution in [1.29, 1.82) is 0 Å². The molecule has 0 saturated heterocycles. The van der Waals surface area contributed by atoms with Gasteiger partial charge in [0.15, 0.2) is 0 Å². The molecule has 0 aliphatic heterocycles. The molecule has 0 spiro atoms. The first-order valence-electron chi connectivity index (χ1n) is 9.59. The van der Waals surface area contributed by atoms with Gasteiger partial charge in [0.05, 0.1) is 5.56 Å².